The van der Waals surface area contributed by atoms with Crippen LogP contribution >= 0.6 is 38.9 Å². The largest absolute Gasteiger partial charge is 0.397 e. The van der Waals surface area contributed by atoms with E-state index in [9.17, 15) is 0 Å². The molecule has 1 aromatic heterocycles. The van der Waals surface area contributed by atoms with Gasteiger partial charge < -0.3 is 5.73 Å². The Kier molecular flexibility index (Phi) is 2.02. The molecule has 2 aromatic rings. The molecule has 0 aliphatic heterocycles. The lowest BCUT2D eigenvalue weighted by Gasteiger charge is -2.01. The Labute approximate surface area is 87.3 Å². The molecule has 4 heteroatoms. The minimum Gasteiger partial charge on any atom is -0.397 e. The van der Waals surface area contributed by atoms with Crippen molar-refractivity contribution >= 4 is 54.6 Å². The van der Waals surface area contributed by atoms with Gasteiger partial charge >= 0.3 is 0 Å². The van der Waals surface area contributed by atoms with E-state index in [0.717, 1.165) is 14.6 Å². The number of anilines is 1. The van der Waals surface area contributed by atoms with Crippen LogP contribution in [0.3, 0.4) is 0 Å². The summed E-state index contributed by atoms with van der Waals surface area (Å²) in [5, 5.41) is 3.67. The van der Waals surface area contributed by atoms with Gasteiger partial charge in [-0.25, -0.2) is 0 Å². The first-order chi connectivity index (χ1) is 5.70. The van der Waals surface area contributed by atoms with Crippen LogP contribution in [0.1, 0.15) is 0 Å². The number of fused-ring (bicyclic) bond motifs is 1. The summed E-state index contributed by atoms with van der Waals surface area (Å²) in [5.74, 6) is 0. The molecule has 1 aromatic carbocycles. The van der Waals surface area contributed by atoms with E-state index in [1.54, 1.807) is 11.3 Å². The van der Waals surface area contributed by atoms with Gasteiger partial charge in [-0.15, -0.1) is 11.3 Å². The minimum absolute atomic E-state index is 0.613. The molecule has 0 amide bonds. The van der Waals surface area contributed by atoms with E-state index in [1.165, 1.54) is 0 Å². The molecule has 1 heterocycles. The number of rotatable bonds is 0. The number of halogens is 2. The molecule has 2 N–H and O–H groups in total. The molecule has 0 aliphatic carbocycles. The second kappa shape index (κ2) is 2.91. The fourth-order valence-corrected chi connectivity index (χ4v) is 2.91. The molecule has 0 saturated carbocycles. The van der Waals surface area contributed by atoms with E-state index < -0.39 is 0 Å². The molecule has 0 fully saturated rings. The van der Waals surface area contributed by atoms with Crippen LogP contribution in [0.5, 0.6) is 0 Å². The van der Waals surface area contributed by atoms with Crippen LogP contribution in [0.2, 0.25) is 5.02 Å². The summed E-state index contributed by atoms with van der Waals surface area (Å²) < 4.78 is 2.02. The first kappa shape index (κ1) is 8.35. The van der Waals surface area contributed by atoms with Crippen LogP contribution in [0, 0.1) is 0 Å². The third-order valence-corrected chi connectivity index (χ3v) is 3.61. The van der Waals surface area contributed by atoms with Gasteiger partial charge in [0.2, 0.25) is 0 Å². The van der Waals surface area contributed by atoms with Gasteiger partial charge in [0.1, 0.15) is 0 Å². The fourth-order valence-electron chi connectivity index (χ4n) is 1.06. The summed E-state index contributed by atoms with van der Waals surface area (Å²) in [7, 11) is 0. The van der Waals surface area contributed by atoms with Crippen molar-refractivity contribution in [2.75, 3.05) is 5.73 Å². The molecular weight excluding hydrogens is 258 g/mol. The maximum Gasteiger partial charge on any atom is 0.0733 e. The quantitative estimate of drug-likeness (QED) is 0.716. The van der Waals surface area contributed by atoms with Gasteiger partial charge in [0.25, 0.3) is 0 Å². The van der Waals surface area contributed by atoms with Gasteiger partial charge in [-0.05, 0) is 33.4 Å². The molecular formula is C8H5BrClNS. The molecule has 12 heavy (non-hydrogen) atoms. The number of thiophene rings is 1. The van der Waals surface area contributed by atoms with Crippen LogP contribution in [-0.4, -0.2) is 0 Å². The van der Waals surface area contributed by atoms with E-state index in [2.05, 4.69) is 15.9 Å². The van der Waals surface area contributed by atoms with Crippen LogP contribution in [-0.2, 0) is 0 Å². The van der Waals surface area contributed by atoms with Crippen LogP contribution in [0.15, 0.2) is 22.0 Å². The van der Waals surface area contributed by atoms with Crippen molar-refractivity contribution in [2.45, 2.75) is 0 Å². The zero-order valence-corrected chi connectivity index (χ0v) is 9.13. The lowest BCUT2D eigenvalue weighted by atomic mass is 10.2. The fraction of sp³-hybridized carbons (Fsp3) is 0. The minimum atomic E-state index is 0.613. The Balaban J connectivity index is 2.94. The van der Waals surface area contributed by atoms with E-state index in [-0.39, 0.29) is 0 Å². The van der Waals surface area contributed by atoms with Gasteiger partial charge in [0.05, 0.1) is 10.7 Å². The van der Waals surface area contributed by atoms with E-state index in [4.69, 9.17) is 17.3 Å². The summed E-state index contributed by atoms with van der Waals surface area (Å²) in [6.07, 6.45) is 0. The predicted octanol–water partition coefficient (Wildman–Crippen LogP) is 3.90. The van der Waals surface area contributed by atoms with Crippen molar-refractivity contribution in [2.24, 2.45) is 0 Å². The zero-order valence-electron chi connectivity index (χ0n) is 5.97. The average Bonchev–Trinajstić information content (AvgIpc) is 2.48. The molecule has 0 radical (unpaired) electrons. The van der Waals surface area contributed by atoms with Crippen molar-refractivity contribution in [3.8, 4) is 0 Å². The molecule has 62 valence electrons. The van der Waals surface area contributed by atoms with Gasteiger partial charge in [-0.1, -0.05) is 11.6 Å². The normalized spacial score (nSPS) is 10.8. The smallest absolute Gasteiger partial charge is 0.0733 e. The van der Waals surface area contributed by atoms with E-state index >= 15 is 0 Å². The lowest BCUT2D eigenvalue weighted by molar-refractivity contribution is 1.72. The molecule has 0 unspecified atom stereocenters. The standard InChI is InChI=1S/C8H5BrClNS/c9-5-3-6-4(1-2-12-6)7(10)8(5)11/h1-3H,11H2. The third kappa shape index (κ3) is 1.13. The van der Waals surface area contributed by atoms with Crippen molar-refractivity contribution < 1.29 is 0 Å². The number of hydrogen-bond acceptors (Lipinski definition) is 2. The highest BCUT2D eigenvalue weighted by Gasteiger charge is 2.07. The van der Waals surface area contributed by atoms with E-state index in [1.807, 2.05) is 17.5 Å². The summed E-state index contributed by atoms with van der Waals surface area (Å²) in [4.78, 5) is 0. The first-order valence-electron chi connectivity index (χ1n) is 3.31. The molecule has 0 aliphatic rings. The van der Waals surface area contributed by atoms with E-state index in [0.29, 0.717) is 10.7 Å². The predicted molar refractivity (Wildman–Crippen MR) is 58.9 cm³/mol. The second-order valence-corrected chi connectivity index (χ2v) is 4.60. The average molecular weight is 263 g/mol. The highest BCUT2D eigenvalue weighted by atomic mass is 79.9. The van der Waals surface area contributed by atoms with Crippen LogP contribution in [0.25, 0.3) is 10.1 Å². The third-order valence-electron chi connectivity index (χ3n) is 1.68. The Morgan fingerprint density at radius 1 is 1.50 bits per heavy atom. The van der Waals surface area contributed by atoms with Crippen LogP contribution < -0.4 is 5.73 Å². The van der Waals surface area contributed by atoms with Crippen LogP contribution in [0.4, 0.5) is 5.69 Å². The summed E-state index contributed by atoms with van der Waals surface area (Å²) >= 11 is 11.0. The molecule has 0 saturated heterocycles. The highest BCUT2D eigenvalue weighted by molar-refractivity contribution is 9.10. The molecule has 0 spiro atoms. The zero-order chi connectivity index (χ0) is 8.72. The van der Waals surface area contributed by atoms with Gasteiger partial charge in [0, 0.05) is 14.6 Å². The number of nitrogens with two attached hydrogens (primary N) is 1. The summed E-state index contributed by atoms with van der Waals surface area (Å²) in [6.45, 7) is 0. The lowest BCUT2D eigenvalue weighted by Crippen LogP contribution is -1.87. The summed E-state index contributed by atoms with van der Waals surface area (Å²) in [5.41, 5.74) is 6.35. The Morgan fingerprint density at radius 2 is 2.25 bits per heavy atom. The molecule has 0 bridgehead atoms. The highest BCUT2D eigenvalue weighted by Crippen LogP contribution is 2.37. The van der Waals surface area contributed by atoms with Gasteiger partial charge in [0.15, 0.2) is 0 Å². The first-order valence-corrected chi connectivity index (χ1v) is 5.36. The monoisotopic (exact) mass is 261 g/mol. The Morgan fingerprint density at radius 3 is 3.00 bits per heavy atom. The topological polar surface area (TPSA) is 26.0 Å². The number of nitrogen functional groups attached to an aromatic ring is 1. The molecule has 2 rings (SSSR count). The number of benzene rings is 1. The Hall–Kier alpha value is -0.250. The van der Waals surface area contributed by atoms with Crippen molar-refractivity contribution in [3.63, 3.8) is 0 Å². The molecule has 0 atom stereocenters. The Bertz CT molecular complexity index is 438. The number of hydrogen-bond donors (Lipinski definition) is 1. The molecule has 1 nitrogen and oxygen atoms in total. The van der Waals surface area contributed by atoms with Crippen molar-refractivity contribution in [3.05, 3.63) is 27.0 Å². The maximum absolute atomic E-state index is 6.02. The van der Waals surface area contributed by atoms with Crippen molar-refractivity contribution in [1.29, 1.82) is 0 Å². The second-order valence-electron chi connectivity index (χ2n) is 2.42. The van der Waals surface area contributed by atoms with Gasteiger partial charge in [-0.2, -0.15) is 0 Å². The van der Waals surface area contributed by atoms with Crippen molar-refractivity contribution in [1.82, 2.24) is 0 Å². The van der Waals surface area contributed by atoms with Gasteiger partial charge in [-0.3, -0.25) is 0 Å². The summed E-state index contributed by atoms with van der Waals surface area (Å²) in [6, 6.07) is 3.96. The SMILES string of the molecule is Nc1c(Br)cc2sccc2c1Cl. The maximum atomic E-state index is 6.02.